The van der Waals surface area contributed by atoms with Gasteiger partial charge in [-0.1, -0.05) is 0 Å². The van der Waals surface area contributed by atoms with Crippen molar-refractivity contribution >= 4 is 28.0 Å². The first kappa shape index (κ1) is 18.3. The summed E-state index contributed by atoms with van der Waals surface area (Å²) < 4.78 is 5.33. The molecule has 0 radical (unpaired) electrons. The predicted molar refractivity (Wildman–Crippen MR) is 83.8 cm³/mol. The van der Waals surface area contributed by atoms with Crippen molar-refractivity contribution in [1.82, 2.24) is 0 Å². The van der Waals surface area contributed by atoms with E-state index >= 15 is 0 Å². The van der Waals surface area contributed by atoms with E-state index in [1.54, 1.807) is 20.9 Å². The van der Waals surface area contributed by atoms with Crippen molar-refractivity contribution in [1.29, 1.82) is 0 Å². The van der Waals surface area contributed by atoms with Gasteiger partial charge in [0.25, 0.3) is 0 Å². The number of halogens is 2. The van der Waals surface area contributed by atoms with E-state index in [-0.39, 0.29) is 24.8 Å². The van der Waals surface area contributed by atoms with Gasteiger partial charge in [-0.3, -0.25) is 0 Å². The third kappa shape index (κ3) is 3.65. The fraction of sp³-hybridized carbons (Fsp3) is 0.400. The molecule has 2 aliphatic carbocycles. The molecule has 0 N–H and O–H groups in total. The van der Waals surface area contributed by atoms with Crippen molar-refractivity contribution < 1.29 is 21.3 Å². The maximum Gasteiger partial charge on any atom is -0.147 e. The average molecular weight is 364 g/mol. The number of hydrogen-bond donors (Lipinski definition) is 0. The molecule has 0 spiro atoms. The molecular weight excluding hydrogens is 342 g/mol. The summed E-state index contributed by atoms with van der Waals surface area (Å²) in [7, 11) is 0. The minimum absolute atomic E-state index is 0. The van der Waals surface area contributed by atoms with Gasteiger partial charge in [-0.25, -0.2) is 0 Å². The fourth-order valence-electron chi connectivity index (χ4n) is 2.61. The quantitative estimate of drug-likeness (QED) is 0.637. The van der Waals surface area contributed by atoms with E-state index in [2.05, 4.69) is 52.0 Å². The van der Waals surface area contributed by atoms with Crippen LogP contribution in [0, 0.1) is 0 Å². The van der Waals surface area contributed by atoms with Crippen LogP contribution in [0.5, 0.6) is 0 Å². The van der Waals surface area contributed by atoms with Gasteiger partial charge in [0.2, 0.25) is 0 Å². The second-order valence-electron chi connectivity index (χ2n) is 4.91. The molecule has 0 bridgehead atoms. The van der Waals surface area contributed by atoms with Crippen LogP contribution in [0.4, 0.5) is 0 Å². The maximum absolute atomic E-state index is 2.35. The number of allylic oxidation sites excluding steroid dienone is 8. The summed E-state index contributed by atoms with van der Waals surface area (Å²) in [6, 6.07) is 0. The summed E-state index contributed by atoms with van der Waals surface area (Å²) in [5, 5.41) is 0. The molecule has 0 unspecified atom stereocenters. The molecule has 2 aliphatic rings. The van der Waals surface area contributed by atoms with Crippen LogP contribution in [0.3, 0.4) is 0 Å². The molecule has 0 atom stereocenters. The molecule has 0 aliphatic heterocycles. The van der Waals surface area contributed by atoms with Crippen molar-refractivity contribution in [2.75, 3.05) is 0 Å². The maximum atomic E-state index is 2.35. The van der Waals surface area contributed by atoms with Gasteiger partial charge >= 0.3 is 107 Å². The van der Waals surface area contributed by atoms with Gasteiger partial charge in [-0.2, -0.15) is 0 Å². The molecule has 0 saturated carbocycles. The van der Waals surface area contributed by atoms with Gasteiger partial charge in [0.05, 0.1) is 0 Å². The summed E-state index contributed by atoms with van der Waals surface area (Å²) in [6.07, 6.45) is 11.8. The molecule has 0 nitrogen and oxygen atoms in total. The van der Waals surface area contributed by atoms with Crippen LogP contribution in [0.2, 0.25) is 0 Å². The van der Waals surface area contributed by atoms with E-state index in [9.17, 15) is 0 Å². The van der Waals surface area contributed by atoms with Gasteiger partial charge in [-0.15, -0.1) is 24.8 Å². The first-order chi connectivity index (χ1) is 7.61. The minimum atomic E-state index is -1.62. The Labute approximate surface area is 131 Å². The van der Waals surface area contributed by atoms with E-state index in [0.717, 1.165) is 0 Å². The zero-order valence-corrected chi connectivity index (χ0v) is 15.6. The van der Waals surface area contributed by atoms with E-state index in [1.807, 2.05) is 0 Å². The summed E-state index contributed by atoms with van der Waals surface area (Å²) >= 11 is -1.62. The minimum Gasteiger partial charge on any atom is -0.147 e. The van der Waals surface area contributed by atoms with E-state index in [0.29, 0.717) is 0 Å². The molecule has 0 fully saturated rings. The first-order valence-electron chi connectivity index (χ1n) is 6.02. The van der Waals surface area contributed by atoms with Crippen LogP contribution >= 0.6 is 24.8 Å². The molecule has 0 aromatic carbocycles. The summed E-state index contributed by atoms with van der Waals surface area (Å²) in [5.41, 5.74) is 3.12. The Kier molecular flexibility index (Phi) is 7.91. The smallest absolute Gasteiger partial charge is 0.147 e. The zero-order chi connectivity index (χ0) is 11.7. The molecule has 2 rings (SSSR count). The Morgan fingerprint density at radius 1 is 0.889 bits per heavy atom. The SMILES string of the molecule is CC1=[C]([Zr]([C]2=C(C)C=CC2)=[C](C)C)CC=C1.Cl.Cl. The molecule has 3 heteroatoms. The monoisotopic (exact) mass is 362 g/mol. The van der Waals surface area contributed by atoms with Crippen LogP contribution in [0.25, 0.3) is 0 Å². The fourth-order valence-corrected chi connectivity index (χ4v) is 10.4. The van der Waals surface area contributed by atoms with Crippen LogP contribution in [-0.4, -0.2) is 3.21 Å². The Bertz CT molecular complexity index is 435. The molecular formula is C15H22Cl2Zr. The van der Waals surface area contributed by atoms with Crippen LogP contribution in [-0.2, 0) is 21.3 Å². The van der Waals surface area contributed by atoms with Gasteiger partial charge in [0.1, 0.15) is 0 Å². The van der Waals surface area contributed by atoms with Gasteiger partial charge in [0, 0.05) is 0 Å². The van der Waals surface area contributed by atoms with Crippen LogP contribution in [0.1, 0.15) is 40.5 Å². The Hall–Kier alpha value is 0.293. The Balaban J connectivity index is 0.00000144. The summed E-state index contributed by atoms with van der Waals surface area (Å²) in [4.78, 5) is 0. The standard InChI is InChI=1S/2C6H7.C3H6.2ClH.Zr/c2*1-6-4-2-3-5-6;1-3-2;;;/h2*2,4H,3H2,1H3;1-2H3;2*1H;. The summed E-state index contributed by atoms with van der Waals surface area (Å²) in [6.45, 7) is 9.29. The Morgan fingerprint density at radius 3 is 1.50 bits per heavy atom. The van der Waals surface area contributed by atoms with Crippen LogP contribution in [0.15, 0.2) is 42.0 Å². The molecule has 100 valence electrons. The third-order valence-electron chi connectivity index (χ3n) is 3.44. The van der Waals surface area contributed by atoms with Crippen molar-refractivity contribution in [3.63, 3.8) is 0 Å². The van der Waals surface area contributed by atoms with Gasteiger partial charge in [-0.05, 0) is 0 Å². The molecule has 0 aromatic heterocycles. The van der Waals surface area contributed by atoms with Crippen molar-refractivity contribution in [3.8, 4) is 0 Å². The van der Waals surface area contributed by atoms with Gasteiger partial charge < -0.3 is 0 Å². The van der Waals surface area contributed by atoms with Crippen molar-refractivity contribution in [2.45, 2.75) is 40.5 Å². The predicted octanol–water partition coefficient (Wildman–Crippen LogP) is 5.13. The van der Waals surface area contributed by atoms with Crippen molar-refractivity contribution in [3.05, 3.63) is 42.0 Å². The largest absolute Gasteiger partial charge is 0.147 e. The van der Waals surface area contributed by atoms with Crippen LogP contribution < -0.4 is 0 Å². The molecule has 0 aromatic rings. The first-order valence-corrected chi connectivity index (χ1v) is 9.70. The van der Waals surface area contributed by atoms with E-state index in [4.69, 9.17) is 0 Å². The number of hydrogen-bond acceptors (Lipinski definition) is 0. The summed E-state index contributed by atoms with van der Waals surface area (Å²) in [5.74, 6) is 0. The molecule has 18 heavy (non-hydrogen) atoms. The van der Waals surface area contributed by atoms with Crippen molar-refractivity contribution in [2.24, 2.45) is 0 Å². The molecule has 0 amide bonds. The number of rotatable bonds is 2. The molecule has 0 heterocycles. The van der Waals surface area contributed by atoms with E-state index < -0.39 is 21.3 Å². The average Bonchev–Trinajstić information content (AvgIpc) is 2.79. The second kappa shape index (κ2) is 7.78. The topological polar surface area (TPSA) is 0 Å². The second-order valence-corrected chi connectivity index (χ2v) is 12.2. The normalized spacial score (nSPS) is 16.9. The zero-order valence-electron chi connectivity index (χ0n) is 11.5. The Morgan fingerprint density at radius 2 is 1.28 bits per heavy atom. The van der Waals surface area contributed by atoms with E-state index in [1.165, 1.54) is 12.8 Å². The third-order valence-corrected chi connectivity index (χ3v) is 11.8. The molecule has 0 saturated heterocycles. The van der Waals surface area contributed by atoms with Gasteiger partial charge in [0.15, 0.2) is 0 Å².